The van der Waals surface area contributed by atoms with Crippen LogP contribution in [-0.4, -0.2) is 56.2 Å². The van der Waals surface area contributed by atoms with Crippen LogP contribution >= 0.6 is 0 Å². The van der Waals surface area contributed by atoms with Crippen molar-refractivity contribution in [1.29, 1.82) is 0 Å². The number of ether oxygens (including phenoxy) is 2. The predicted molar refractivity (Wildman–Crippen MR) is 122 cm³/mol. The van der Waals surface area contributed by atoms with Crippen molar-refractivity contribution in [3.8, 4) is 5.75 Å². The molecule has 1 aliphatic rings. The summed E-state index contributed by atoms with van der Waals surface area (Å²) < 4.78 is 12.3. The number of benzene rings is 2. The molecule has 1 N–H and O–H groups in total. The number of morpholine rings is 1. The van der Waals surface area contributed by atoms with E-state index in [1.807, 2.05) is 19.1 Å². The molecule has 1 fully saturated rings. The highest BCUT2D eigenvalue weighted by atomic mass is 28.2. The molecule has 0 aliphatic carbocycles. The second-order valence-electron chi connectivity index (χ2n) is 8.99. The monoisotopic (exact) mass is 413 g/mol. The van der Waals surface area contributed by atoms with Crippen molar-refractivity contribution in [2.45, 2.75) is 64.2 Å². The highest BCUT2D eigenvalue weighted by Crippen LogP contribution is 2.31. The Kier molecular flexibility index (Phi) is 7.17. The third-order valence-corrected chi connectivity index (χ3v) is 7.24. The molecule has 4 atom stereocenters. The van der Waals surface area contributed by atoms with Gasteiger partial charge in [0.1, 0.15) is 15.3 Å². The fourth-order valence-electron chi connectivity index (χ4n) is 4.44. The van der Waals surface area contributed by atoms with Crippen LogP contribution < -0.4 is 9.92 Å². The zero-order valence-corrected chi connectivity index (χ0v) is 19.8. The topological polar surface area (TPSA) is 41.9 Å². The van der Waals surface area contributed by atoms with E-state index in [4.69, 9.17) is 9.47 Å². The van der Waals surface area contributed by atoms with E-state index in [0.717, 1.165) is 24.4 Å². The van der Waals surface area contributed by atoms with Crippen molar-refractivity contribution < 1.29 is 14.6 Å². The molecule has 3 rings (SSSR count). The van der Waals surface area contributed by atoms with Crippen LogP contribution in [0.5, 0.6) is 5.75 Å². The lowest BCUT2D eigenvalue weighted by atomic mass is 9.98. The fraction of sp³-hybridized carbons (Fsp3) is 0.500. The Morgan fingerprint density at radius 3 is 2.34 bits per heavy atom. The zero-order chi connectivity index (χ0) is 21.0. The molecule has 0 saturated carbocycles. The van der Waals surface area contributed by atoms with Crippen molar-refractivity contribution in [2.75, 3.05) is 13.1 Å². The number of rotatable bonds is 7. The Labute approximate surface area is 177 Å². The molecular weight excluding hydrogens is 378 g/mol. The van der Waals surface area contributed by atoms with Gasteiger partial charge in [-0.05, 0) is 52.3 Å². The van der Waals surface area contributed by atoms with Crippen molar-refractivity contribution in [1.82, 2.24) is 4.90 Å². The molecule has 4 nitrogen and oxygen atoms in total. The molecule has 29 heavy (non-hydrogen) atoms. The lowest BCUT2D eigenvalue weighted by Crippen LogP contribution is -2.49. The van der Waals surface area contributed by atoms with Crippen LogP contribution in [0.4, 0.5) is 0 Å². The van der Waals surface area contributed by atoms with Gasteiger partial charge in [-0.25, -0.2) is 0 Å². The zero-order valence-electron chi connectivity index (χ0n) is 18.3. The maximum atomic E-state index is 10.6. The van der Waals surface area contributed by atoms with Gasteiger partial charge in [0.15, 0.2) is 0 Å². The van der Waals surface area contributed by atoms with E-state index in [1.54, 1.807) is 0 Å². The number of hydrogen-bond donors (Lipinski definition) is 1. The lowest BCUT2D eigenvalue weighted by Gasteiger charge is -2.41. The summed E-state index contributed by atoms with van der Waals surface area (Å²) in [7, 11) is -0.606. The predicted octanol–water partition coefficient (Wildman–Crippen LogP) is 2.83. The first kappa shape index (κ1) is 22.0. The third kappa shape index (κ3) is 6.16. The Balaban J connectivity index is 1.78. The third-order valence-electron chi connectivity index (χ3n) is 5.36. The maximum absolute atomic E-state index is 10.6. The van der Waals surface area contributed by atoms with Gasteiger partial charge in [-0.1, -0.05) is 47.7 Å². The van der Waals surface area contributed by atoms with Gasteiger partial charge in [0.25, 0.3) is 0 Å². The molecule has 0 bridgehead atoms. The SMILES string of the molecule is CC1CN(C(c2cccc(OC(C)(C)[SiH2]c3ccccc3)c2)C(C)O)CC(C)O1. The van der Waals surface area contributed by atoms with E-state index in [9.17, 15) is 5.11 Å². The van der Waals surface area contributed by atoms with Gasteiger partial charge in [0.2, 0.25) is 0 Å². The quantitative estimate of drug-likeness (QED) is 0.709. The highest BCUT2D eigenvalue weighted by Gasteiger charge is 2.32. The van der Waals surface area contributed by atoms with Crippen LogP contribution in [0.15, 0.2) is 54.6 Å². The van der Waals surface area contributed by atoms with Crippen molar-refractivity contribution in [3.05, 3.63) is 60.2 Å². The van der Waals surface area contributed by atoms with E-state index in [2.05, 4.69) is 75.1 Å². The molecular formula is C24H35NO3Si. The number of aliphatic hydroxyl groups is 1. The summed E-state index contributed by atoms with van der Waals surface area (Å²) in [6.45, 7) is 12.0. The molecule has 0 radical (unpaired) electrons. The number of nitrogens with zero attached hydrogens (tertiary/aromatic N) is 1. The Hall–Kier alpha value is -1.66. The molecule has 158 valence electrons. The second-order valence-corrected chi connectivity index (χ2v) is 11.9. The summed E-state index contributed by atoms with van der Waals surface area (Å²) in [4.78, 5) is 2.34. The fourth-order valence-corrected chi connectivity index (χ4v) is 6.17. The first-order valence-electron chi connectivity index (χ1n) is 10.6. The second kappa shape index (κ2) is 9.43. The number of aliphatic hydroxyl groups excluding tert-OH is 1. The summed E-state index contributed by atoms with van der Waals surface area (Å²) in [5, 5.41) is 11.8. The largest absolute Gasteiger partial charge is 0.492 e. The van der Waals surface area contributed by atoms with Crippen molar-refractivity contribution in [3.63, 3.8) is 0 Å². The van der Waals surface area contributed by atoms with Gasteiger partial charge in [0, 0.05) is 13.1 Å². The van der Waals surface area contributed by atoms with Crippen molar-refractivity contribution >= 4 is 14.7 Å². The van der Waals surface area contributed by atoms with E-state index in [0.29, 0.717) is 0 Å². The van der Waals surface area contributed by atoms with Crippen LogP contribution in [0.2, 0.25) is 0 Å². The van der Waals surface area contributed by atoms with Gasteiger partial charge in [-0.2, -0.15) is 0 Å². The normalized spacial score (nSPS) is 23.2. The van der Waals surface area contributed by atoms with E-state index >= 15 is 0 Å². The van der Waals surface area contributed by atoms with Crippen LogP contribution in [0, 0.1) is 0 Å². The van der Waals surface area contributed by atoms with E-state index in [1.165, 1.54) is 5.19 Å². The van der Waals surface area contributed by atoms with Crippen LogP contribution in [-0.2, 0) is 4.74 Å². The minimum absolute atomic E-state index is 0.0677. The molecule has 1 aliphatic heterocycles. The summed E-state index contributed by atoms with van der Waals surface area (Å²) in [5.74, 6) is 0.871. The molecule has 5 heteroatoms. The summed E-state index contributed by atoms with van der Waals surface area (Å²) >= 11 is 0. The summed E-state index contributed by atoms with van der Waals surface area (Å²) in [6.07, 6.45) is -0.153. The Morgan fingerprint density at radius 2 is 1.72 bits per heavy atom. The molecule has 0 spiro atoms. The minimum Gasteiger partial charge on any atom is -0.492 e. The average Bonchev–Trinajstić information content (AvgIpc) is 2.61. The minimum atomic E-state index is -0.606. The molecule has 0 aromatic heterocycles. The molecule has 1 saturated heterocycles. The summed E-state index contributed by atoms with van der Waals surface area (Å²) in [5.41, 5.74) is 1.09. The van der Waals surface area contributed by atoms with Crippen LogP contribution in [0.25, 0.3) is 0 Å². The Bertz CT molecular complexity index is 771. The standard InChI is InChI=1S/C24H35NO3Si/c1-17-15-25(16-18(2)27-17)23(19(3)26)20-10-9-11-21(14-20)28-24(4,5)29-22-12-7-6-8-13-22/h6-14,17-19,23,26H,15-16,29H2,1-5H3. The number of hydrogen-bond acceptors (Lipinski definition) is 4. The lowest BCUT2D eigenvalue weighted by molar-refractivity contribution is -0.0948. The molecule has 4 unspecified atom stereocenters. The summed E-state index contributed by atoms with van der Waals surface area (Å²) in [6, 6.07) is 18.8. The molecule has 1 heterocycles. The van der Waals surface area contributed by atoms with Crippen LogP contribution in [0.3, 0.4) is 0 Å². The molecule has 2 aromatic rings. The first-order valence-corrected chi connectivity index (χ1v) is 12.1. The average molecular weight is 414 g/mol. The Morgan fingerprint density at radius 1 is 1.07 bits per heavy atom. The van der Waals surface area contributed by atoms with Gasteiger partial charge < -0.3 is 14.6 Å². The maximum Gasteiger partial charge on any atom is 0.119 e. The van der Waals surface area contributed by atoms with Crippen molar-refractivity contribution in [2.24, 2.45) is 0 Å². The molecule has 0 amide bonds. The highest BCUT2D eigenvalue weighted by molar-refractivity contribution is 6.56. The van der Waals surface area contributed by atoms with Gasteiger partial charge >= 0.3 is 0 Å². The first-order chi connectivity index (χ1) is 13.7. The van der Waals surface area contributed by atoms with Gasteiger partial charge in [-0.3, -0.25) is 4.90 Å². The van der Waals surface area contributed by atoms with Crippen LogP contribution in [0.1, 0.15) is 46.2 Å². The smallest absolute Gasteiger partial charge is 0.119 e. The van der Waals surface area contributed by atoms with Gasteiger partial charge in [0.05, 0.1) is 29.6 Å². The van der Waals surface area contributed by atoms with Gasteiger partial charge in [-0.15, -0.1) is 0 Å². The van der Waals surface area contributed by atoms with E-state index in [-0.39, 0.29) is 23.5 Å². The molecule has 2 aromatic carbocycles. The van der Waals surface area contributed by atoms with E-state index < -0.39 is 15.6 Å².